The summed E-state index contributed by atoms with van der Waals surface area (Å²) in [6.45, 7) is 2.87. The Balaban J connectivity index is 1.58. The van der Waals surface area contributed by atoms with E-state index in [4.69, 9.17) is 11.6 Å². The Hall–Kier alpha value is -2.71. The van der Waals surface area contributed by atoms with Crippen molar-refractivity contribution in [1.82, 2.24) is 14.9 Å². The Morgan fingerprint density at radius 1 is 1.16 bits per heavy atom. The number of aromatic amines is 1. The van der Waals surface area contributed by atoms with Crippen molar-refractivity contribution in [3.05, 3.63) is 85.5 Å². The minimum absolute atomic E-state index is 0.221. The van der Waals surface area contributed by atoms with Gasteiger partial charge in [-0.3, -0.25) is 9.69 Å². The molecular formula is C22H18ClF4N3O. The standard InChI is InChI=1S/C22H18ClF4N3O/c1-12-2-7-17(24)15(19(12)23)10-30-9-8-18-16(11-30)21(31)29-20(28-18)13-3-5-14(6-4-13)22(25,26)27/h2-7H,8-11H2,1H3,(H,28,29,31). The molecule has 0 radical (unpaired) electrons. The van der Waals surface area contributed by atoms with Crippen LogP contribution >= 0.6 is 11.6 Å². The molecule has 0 atom stereocenters. The number of H-pyrrole nitrogens is 1. The molecule has 0 saturated heterocycles. The molecule has 1 aliphatic heterocycles. The molecule has 162 valence electrons. The first-order valence-corrected chi connectivity index (χ1v) is 9.97. The molecule has 2 aromatic carbocycles. The van der Waals surface area contributed by atoms with Crippen LogP contribution in [0.2, 0.25) is 5.02 Å². The van der Waals surface area contributed by atoms with Gasteiger partial charge in [0.15, 0.2) is 0 Å². The average molecular weight is 452 g/mol. The molecule has 0 amide bonds. The highest BCUT2D eigenvalue weighted by molar-refractivity contribution is 6.32. The van der Waals surface area contributed by atoms with Gasteiger partial charge in [0.05, 0.1) is 21.8 Å². The van der Waals surface area contributed by atoms with Crippen LogP contribution in [0.5, 0.6) is 0 Å². The number of hydrogen-bond acceptors (Lipinski definition) is 3. The molecule has 3 aromatic rings. The topological polar surface area (TPSA) is 49.0 Å². The molecule has 4 rings (SSSR count). The van der Waals surface area contributed by atoms with E-state index in [1.54, 1.807) is 13.0 Å². The van der Waals surface area contributed by atoms with Crippen LogP contribution in [0.25, 0.3) is 11.4 Å². The number of benzene rings is 2. The predicted molar refractivity (Wildman–Crippen MR) is 109 cm³/mol. The van der Waals surface area contributed by atoms with E-state index in [9.17, 15) is 22.4 Å². The summed E-state index contributed by atoms with van der Waals surface area (Å²) in [6.07, 6.45) is -3.98. The zero-order valence-electron chi connectivity index (χ0n) is 16.5. The third-order valence-electron chi connectivity index (χ3n) is 5.39. The number of nitrogens with one attached hydrogen (secondary N) is 1. The minimum atomic E-state index is -4.43. The van der Waals surface area contributed by atoms with Gasteiger partial charge in [-0.1, -0.05) is 29.8 Å². The highest BCUT2D eigenvalue weighted by Crippen LogP contribution is 2.31. The number of alkyl halides is 3. The van der Waals surface area contributed by atoms with Crippen molar-refractivity contribution in [2.24, 2.45) is 0 Å². The quantitative estimate of drug-likeness (QED) is 0.563. The van der Waals surface area contributed by atoms with Crippen LogP contribution in [-0.4, -0.2) is 21.4 Å². The zero-order chi connectivity index (χ0) is 22.3. The van der Waals surface area contributed by atoms with Crippen LogP contribution in [0.1, 0.15) is 27.9 Å². The first-order valence-electron chi connectivity index (χ1n) is 9.59. The summed E-state index contributed by atoms with van der Waals surface area (Å²) in [5.41, 5.74) is 1.47. The van der Waals surface area contributed by atoms with Crippen molar-refractivity contribution in [2.45, 2.75) is 32.6 Å². The maximum absolute atomic E-state index is 14.2. The van der Waals surface area contributed by atoms with Crippen molar-refractivity contribution < 1.29 is 17.6 Å². The van der Waals surface area contributed by atoms with E-state index >= 15 is 0 Å². The lowest BCUT2D eigenvalue weighted by Crippen LogP contribution is -2.35. The predicted octanol–water partition coefficient (Wildman–Crippen LogP) is 5.11. The van der Waals surface area contributed by atoms with E-state index in [1.165, 1.54) is 18.2 Å². The monoisotopic (exact) mass is 451 g/mol. The first-order chi connectivity index (χ1) is 14.6. The molecule has 0 aliphatic carbocycles. The SMILES string of the molecule is Cc1ccc(F)c(CN2CCc3nc(-c4ccc(C(F)(F)F)cc4)[nH]c(=O)c3C2)c1Cl. The number of hydrogen-bond donors (Lipinski definition) is 1. The van der Waals surface area contributed by atoms with Crippen LogP contribution < -0.4 is 5.56 Å². The fourth-order valence-corrected chi connectivity index (χ4v) is 3.87. The van der Waals surface area contributed by atoms with E-state index in [1.807, 2.05) is 4.90 Å². The Morgan fingerprint density at radius 2 is 1.87 bits per heavy atom. The van der Waals surface area contributed by atoms with Gasteiger partial charge in [-0.25, -0.2) is 9.37 Å². The lowest BCUT2D eigenvalue weighted by molar-refractivity contribution is -0.137. The second-order valence-electron chi connectivity index (χ2n) is 7.53. The number of aromatic nitrogens is 2. The molecule has 4 nitrogen and oxygen atoms in total. The van der Waals surface area contributed by atoms with Gasteiger partial charge >= 0.3 is 6.18 Å². The van der Waals surface area contributed by atoms with Crippen molar-refractivity contribution >= 4 is 11.6 Å². The van der Waals surface area contributed by atoms with Crippen LogP contribution in [0.3, 0.4) is 0 Å². The van der Waals surface area contributed by atoms with Crippen LogP contribution in [0.15, 0.2) is 41.2 Å². The van der Waals surface area contributed by atoms with E-state index in [0.29, 0.717) is 40.4 Å². The van der Waals surface area contributed by atoms with Gasteiger partial charge in [-0.05, 0) is 30.7 Å². The fourth-order valence-electron chi connectivity index (χ4n) is 3.65. The third-order valence-corrected chi connectivity index (χ3v) is 5.92. The number of nitrogens with zero attached hydrogens (tertiary/aromatic N) is 2. The molecule has 0 unspecified atom stereocenters. The van der Waals surface area contributed by atoms with Gasteiger partial charge in [-0.2, -0.15) is 13.2 Å². The van der Waals surface area contributed by atoms with Gasteiger partial charge < -0.3 is 4.98 Å². The van der Waals surface area contributed by atoms with Crippen molar-refractivity contribution in [2.75, 3.05) is 6.54 Å². The van der Waals surface area contributed by atoms with Crippen molar-refractivity contribution in [3.8, 4) is 11.4 Å². The molecule has 1 N–H and O–H groups in total. The summed E-state index contributed by atoms with van der Waals surface area (Å²) in [5.74, 6) is -0.176. The van der Waals surface area contributed by atoms with Gasteiger partial charge in [0, 0.05) is 37.2 Å². The largest absolute Gasteiger partial charge is 0.416 e. The molecule has 0 bridgehead atoms. The van der Waals surface area contributed by atoms with Gasteiger partial charge in [0.2, 0.25) is 0 Å². The molecule has 1 aromatic heterocycles. The number of rotatable bonds is 3. The third kappa shape index (κ3) is 4.36. The maximum atomic E-state index is 14.2. The summed E-state index contributed by atoms with van der Waals surface area (Å²) in [4.78, 5) is 21.7. The Morgan fingerprint density at radius 3 is 2.55 bits per heavy atom. The molecule has 0 fully saturated rings. The van der Waals surface area contributed by atoms with Crippen LogP contribution in [0, 0.1) is 12.7 Å². The van der Waals surface area contributed by atoms with E-state index < -0.39 is 17.6 Å². The summed E-state index contributed by atoms with van der Waals surface area (Å²) in [6, 6.07) is 7.47. The second-order valence-corrected chi connectivity index (χ2v) is 7.91. The summed E-state index contributed by atoms with van der Waals surface area (Å²) < 4.78 is 52.5. The minimum Gasteiger partial charge on any atom is -0.306 e. The van der Waals surface area contributed by atoms with Gasteiger partial charge in [-0.15, -0.1) is 0 Å². The van der Waals surface area contributed by atoms with Gasteiger partial charge in [0.25, 0.3) is 5.56 Å². The van der Waals surface area contributed by atoms with Crippen molar-refractivity contribution in [3.63, 3.8) is 0 Å². The smallest absolute Gasteiger partial charge is 0.306 e. The fraction of sp³-hybridized carbons (Fsp3) is 0.273. The second kappa shape index (κ2) is 8.09. The summed E-state index contributed by atoms with van der Waals surface area (Å²) in [5, 5.41) is 0.371. The first kappa shape index (κ1) is 21.5. The Labute approximate surface area is 180 Å². The zero-order valence-corrected chi connectivity index (χ0v) is 17.2. The molecule has 2 heterocycles. The Bertz CT molecular complexity index is 1190. The summed E-state index contributed by atoms with van der Waals surface area (Å²) >= 11 is 6.26. The highest BCUT2D eigenvalue weighted by atomic mass is 35.5. The van der Waals surface area contributed by atoms with E-state index in [2.05, 4.69) is 9.97 Å². The number of aryl methyl sites for hydroxylation is 1. The molecule has 9 heteroatoms. The van der Waals surface area contributed by atoms with E-state index in [0.717, 1.165) is 17.7 Å². The Kier molecular flexibility index (Phi) is 5.61. The lowest BCUT2D eigenvalue weighted by Gasteiger charge is -2.28. The number of fused-ring (bicyclic) bond motifs is 1. The average Bonchev–Trinajstić information content (AvgIpc) is 2.73. The van der Waals surface area contributed by atoms with Gasteiger partial charge in [0.1, 0.15) is 11.6 Å². The summed E-state index contributed by atoms with van der Waals surface area (Å²) in [7, 11) is 0. The molecule has 0 spiro atoms. The molecular weight excluding hydrogens is 434 g/mol. The van der Waals surface area contributed by atoms with E-state index in [-0.39, 0.29) is 24.5 Å². The van der Waals surface area contributed by atoms with Crippen LogP contribution in [0.4, 0.5) is 17.6 Å². The normalized spacial score (nSPS) is 14.5. The highest BCUT2D eigenvalue weighted by Gasteiger charge is 2.30. The number of halogens is 5. The lowest BCUT2D eigenvalue weighted by atomic mass is 10.0. The molecule has 1 aliphatic rings. The molecule has 31 heavy (non-hydrogen) atoms. The van der Waals surface area contributed by atoms with Crippen LogP contribution in [-0.2, 0) is 25.7 Å². The van der Waals surface area contributed by atoms with Crippen molar-refractivity contribution in [1.29, 1.82) is 0 Å². The molecule has 0 saturated carbocycles. The maximum Gasteiger partial charge on any atom is 0.416 e.